The summed E-state index contributed by atoms with van der Waals surface area (Å²) in [7, 11) is 0. The number of thiophene rings is 1. The zero-order chi connectivity index (χ0) is 22.0. The molecule has 0 unspecified atom stereocenters. The van der Waals surface area contributed by atoms with Crippen molar-refractivity contribution >= 4 is 33.1 Å². The topological polar surface area (TPSA) is 78.1 Å². The Labute approximate surface area is 180 Å². The number of rotatable bonds is 7. The van der Waals surface area contributed by atoms with Crippen LogP contribution in [0.25, 0.3) is 10.2 Å². The molecule has 0 radical (unpaired) electrons. The molecule has 2 aromatic heterocycles. The Morgan fingerprint density at radius 1 is 1.30 bits per heavy atom. The molecule has 6 nitrogen and oxygen atoms in total. The van der Waals surface area contributed by atoms with Crippen molar-refractivity contribution in [1.29, 1.82) is 0 Å². The van der Waals surface area contributed by atoms with Crippen molar-refractivity contribution in [2.24, 2.45) is 0 Å². The summed E-state index contributed by atoms with van der Waals surface area (Å²) in [6.07, 6.45) is 0. The molecule has 0 fully saturated rings. The highest BCUT2D eigenvalue weighted by molar-refractivity contribution is 7.20. The van der Waals surface area contributed by atoms with Crippen LogP contribution in [0.4, 0.5) is 5.69 Å². The molecule has 2 N–H and O–H groups in total. The SMILES string of the molecule is C=C(C)CN(CC)Cc1nc2sc(C(=O)Nc3ccc(C)cc3C)c(C)c2c(=O)[nH]1. The number of aromatic nitrogens is 2. The second-order valence-electron chi connectivity index (χ2n) is 7.78. The number of anilines is 1. The van der Waals surface area contributed by atoms with Gasteiger partial charge < -0.3 is 10.3 Å². The summed E-state index contributed by atoms with van der Waals surface area (Å²) in [6, 6.07) is 5.88. The Hall–Kier alpha value is -2.77. The maximum absolute atomic E-state index is 12.9. The van der Waals surface area contributed by atoms with Crippen LogP contribution in [0.3, 0.4) is 0 Å². The van der Waals surface area contributed by atoms with E-state index >= 15 is 0 Å². The minimum Gasteiger partial charge on any atom is -0.321 e. The van der Waals surface area contributed by atoms with Gasteiger partial charge in [0.25, 0.3) is 11.5 Å². The van der Waals surface area contributed by atoms with Crippen LogP contribution in [0.15, 0.2) is 35.1 Å². The number of carbonyl (C=O) groups excluding carboxylic acids is 1. The number of likely N-dealkylation sites (N-methyl/N-ethyl adjacent to an activating group) is 1. The number of benzene rings is 1. The number of aryl methyl sites for hydroxylation is 3. The highest BCUT2D eigenvalue weighted by Crippen LogP contribution is 2.28. The lowest BCUT2D eigenvalue weighted by atomic mass is 10.1. The fraction of sp³-hybridized carbons (Fsp3) is 0.348. The molecular formula is C23H28N4O2S. The predicted molar refractivity (Wildman–Crippen MR) is 125 cm³/mol. The van der Waals surface area contributed by atoms with Gasteiger partial charge >= 0.3 is 0 Å². The number of nitrogens with one attached hydrogen (secondary N) is 2. The fourth-order valence-electron chi connectivity index (χ4n) is 3.49. The van der Waals surface area contributed by atoms with E-state index < -0.39 is 0 Å². The molecule has 158 valence electrons. The van der Waals surface area contributed by atoms with E-state index in [-0.39, 0.29) is 11.5 Å². The van der Waals surface area contributed by atoms with Crippen LogP contribution in [0, 0.1) is 20.8 Å². The highest BCUT2D eigenvalue weighted by atomic mass is 32.1. The van der Waals surface area contributed by atoms with Gasteiger partial charge in [-0.1, -0.05) is 36.8 Å². The van der Waals surface area contributed by atoms with E-state index in [1.54, 1.807) is 6.92 Å². The lowest BCUT2D eigenvalue weighted by Gasteiger charge is -2.19. The van der Waals surface area contributed by atoms with Crippen molar-refractivity contribution in [2.45, 2.75) is 41.2 Å². The molecule has 0 saturated heterocycles. The smallest absolute Gasteiger partial charge is 0.266 e. The molecule has 3 aromatic rings. The normalized spacial score (nSPS) is 11.3. The zero-order valence-electron chi connectivity index (χ0n) is 18.2. The molecule has 0 aliphatic rings. The average Bonchev–Trinajstić information content (AvgIpc) is 3.00. The third-order valence-electron chi connectivity index (χ3n) is 5.00. The van der Waals surface area contributed by atoms with E-state index in [9.17, 15) is 9.59 Å². The Morgan fingerprint density at radius 2 is 2.03 bits per heavy atom. The van der Waals surface area contributed by atoms with Gasteiger partial charge in [0, 0.05) is 12.2 Å². The van der Waals surface area contributed by atoms with Gasteiger partial charge in [-0.15, -0.1) is 11.3 Å². The lowest BCUT2D eigenvalue weighted by Crippen LogP contribution is -2.27. The Morgan fingerprint density at radius 3 is 2.67 bits per heavy atom. The molecule has 2 heterocycles. The monoisotopic (exact) mass is 424 g/mol. The number of carbonyl (C=O) groups is 1. The molecule has 0 aliphatic heterocycles. The second kappa shape index (κ2) is 8.93. The number of hydrogen-bond donors (Lipinski definition) is 2. The van der Waals surface area contributed by atoms with Crippen molar-refractivity contribution in [3.8, 4) is 0 Å². The molecule has 0 bridgehead atoms. The first-order chi connectivity index (χ1) is 14.2. The van der Waals surface area contributed by atoms with Crippen molar-refractivity contribution in [3.05, 3.63) is 68.1 Å². The third-order valence-corrected chi connectivity index (χ3v) is 6.18. The van der Waals surface area contributed by atoms with Crippen LogP contribution in [-0.4, -0.2) is 33.9 Å². The van der Waals surface area contributed by atoms with Crippen LogP contribution in [-0.2, 0) is 6.54 Å². The van der Waals surface area contributed by atoms with Crippen molar-refractivity contribution in [3.63, 3.8) is 0 Å². The Bertz CT molecular complexity index is 1180. The summed E-state index contributed by atoms with van der Waals surface area (Å²) in [5.41, 5.74) is 4.41. The summed E-state index contributed by atoms with van der Waals surface area (Å²) >= 11 is 1.26. The molecule has 0 aliphatic carbocycles. The van der Waals surface area contributed by atoms with Crippen molar-refractivity contribution < 1.29 is 4.79 Å². The molecule has 3 rings (SSSR count). The minimum atomic E-state index is -0.221. The first-order valence-corrected chi connectivity index (χ1v) is 10.8. The predicted octanol–water partition coefficient (Wildman–Crippen LogP) is 4.56. The number of hydrogen-bond acceptors (Lipinski definition) is 5. The molecule has 7 heteroatoms. The molecule has 0 saturated carbocycles. The first kappa shape index (κ1) is 21.9. The van der Waals surface area contributed by atoms with Crippen LogP contribution >= 0.6 is 11.3 Å². The molecule has 1 amide bonds. The second-order valence-corrected chi connectivity index (χ2v) is 8.78. The van der Waals surface area contributed by atoms with E-state index in [2.05, 4.69) is 33.7 Å². The zero-order valence-corrected chi connectivity index (χ0v) is 19.0. The van der Waals surface area contributed by atoms with Crippen LogP contribution in [0.2, 0.25) is 0 Å². The summed E-state index contributed by atoms with van der Waals surface area (Å²) in [4.78, 5) is 36.4. The van der Waals surface area contributed by atoms with Crippen molar-refractivity contribution in [1.82, 2.24) is 14.9 Å². The summed E-state index contributed by atoms with van der Waals surface area (Å²) in [6.45, 7) is 15.9. The van der Waals surface area contributed by atoms with Gasteiger partial charge in [-0.25, -0.2) is 4.98 Å². The van der Waals surface area contributed by atoms with E-state index in [1.165, 1.54) is 11.3 Å². The number of amides is 1. The number of fused-ring (bicyclic) bond motifs is 1. The van der Waals surface area contributed by atoms with Gasteiger partial charge in [0.15, 0.2) is 0 Å². The maximum atomic E-state index is 12.9. The Balaban J connectivity index is 1.92. The van der Waals surface area contributed by atoms with Crippen molar-refractivity contribution in [2.75, 3.05) is 18.4 Å². The minimum absolute atomic E-state index is 0.208. The highest BCUT2D eigenvalue weighted by Gasteiger charge is 2.20. The molecule has 1 aromatic carbocycles. The molecule has 0 spiro atoms. The van der Waals surface area contributed by atoms with Gasteiger partial charge in [-0.05, 0) is 51.4 Å². The van der Waals surface area contributed by atoms with E-state index in [0.717, 1.165) is 35.5 Å². The van der Waals surface area contributed by atoms with Crippen LogP contribution in [0.5, 0.6) is 0 Å². The standard InChI is InChI=1S/C23H28N4O2S/c1-7-27(11-13(2)3)12-18-25-21(28)19-16(6)20(30-23(19)26-18)22(29)24-17-9-8-14(4)10-15(17)5/h8-10H,2,7,11-12H2,1,3-6H3,(H,24,29)(H,25,26,28). The largest absolute Gasteiger partial charge is 0.321 e. The quantitative estimate of drug-likeness (QED) is 0.545. The molecular weight excluding hydrogens is 396 g/mol. The van der Waals surface area contributed by atoms with Crippen LogP contribution in [0.1, 0.15) is 46.0 Å². The van der Waals surface area contributed by atoms with Gasteiger partial charge in [-0.2, -0.15) is 0 Å². The third kappa shape index (κ3) is 4.68. The van der Waals surface area contributed by atoms with Gasteiger partial charge in [0.05, 0.1) is 16.8 Å². The van der Waals surface area contributed by atoms with Gasteiger partial charge in [0.2, 0.25) is 0 Å². The van der Waals surface area contributed by atoms with Gasteiger partial charge in [-0.3, -0.25) is 14.5 Å². The lowest BCUT2D eigenvalue weighted by molar-refractivity contribution is 0.103. The Kier molecular flexibility index (Phi) is 6.53. The van der Waals surface area contributed by atoms with E-state index in [0.29, 0.717) is 33.0 Å². The molecule has 30 heavy (non-hydrogen) atoms. The number of H-pyrrole nitrogens is 1. The summed E-state index contributed by atoms with van der Waals surface area (Å²) in [5, 5.41) is 3.45. The molecule has 0 atom stereocenters. The first-order valence-electron chi connectivity index (χ1n) is 9.97. The number of nitrogens with zero attached hydrogens (tertiary/aromatic N) is 2. The maximum Gasteiger partial charge on any atom is 0.266 e. The van der Waals surface area contributed by atoms with Gasteiger partial charge in [0.1, 0.15) is 10.7 Å². The fourth-order valence-corrected chi connectivity index (χ4v) is 4.58. The van der Waals surface area contributed by atoms with E-state index in [4.69, 9.17) is 0 Å². The van der Waals surface area contributed by atoms with E-state index in [1.807, 2.05) is 39.0 Å². The van der Waals surface area contributed by atoms with Crippen LogP contribution < -0.4 is 10.9 Å². The number of aromatic amines is 1. The summed E-state index contributed by atoms with van der Waals surface area (Å²) < 4.78 is 0. The average molecular weight is 425 g/mol. The summed E-state index contributed by atoms with van der Waals surface area (Å²) in [5.74, 6) is 0.374.